The Morgan fingerprint density at radius 1 is 1.53 bits per heavy atom. The molecule has 0 saturated heterocycles. The van der Waals surface area contributed by atoms with Crippen LogP contribution in [0.2, 0.25) is 0 Å². The van der Waals surface area contributed by atoms with Gasteiger partial charge in [-0.25, -0.2) is 0 Å². The van der Waals surface area contributed by atoms with Gasteiger partial charge in [-0.15, -0.1) is 0 Å². The number of nitrogens with one attached hydrogen (secondary N) is 1. The maximum atomic E-state index is 9.46. The highest BCUT2D eigenvalue weighted by Gasteiger charge is 2.38. The van der Waals surface area contributed by atoms with E-state index in [1.165, 1.54) is 0 Å². The van der Waals surface area contributed by atoms with Gasteiger partial charge in [0.2, 0.25) is 0 Å². The zero-order valence-corrected chi connectivity index (χ0v) is 11.7. The summed E-state index contributed by atoms with van der Waals surface area (Å²) < 4.78 is 5.57. The molecule has 102 valence electrons. The van der Waals surface area contributed by atoms with Crippen molar-refractivity contribution < 1.29 is 9.84 Å². The summed E-state index contributed by atoms with van der Waals surface area (Å²) in [4.78, 5) is 2.36. The molecule has 17 heavy (non-hydrogen) atoms. The lowest BCUT2D eigenvalue weighted by molar-refractivity contribution is 0.0548. The first-order valence-electron chi connectivity index (χ1n) is 6.64. The number of aliphatic hydroxyl groups excluding tert-OH is 1. The van der Waals surface area contributed by atoms with Crippen LogP contribution in [0.3, 0.4) is 0 Å². The standard InChI is InChI=1S/C13H28N2O2/c1-11(2)17-8-7-15(4)12-5-6-13(9-12,10-16)14-3/h11-12,14,16H,5-10H2,1-4H3. The third-order valence-corrected chi connectivity index (χ3v) is 3.93. The van der Waals surface area contributed by atoms with Gasteiger partial charge < -0.3 is 20.1 Å². The Morgan fingerprint density at radius 2 is 2.24 bits per heavy atom. The lowest BCUT2D eigenvalue weighted by Crippen LogP contribution is -2.46. The van der Waals surface area contributed by atoms with Crippen LogP contribution in [0.15, 0.2) is 0 Å². The quantitative estimate of drug-likeness (QED) is 0.697. The predicted octanol–water partition coefficient (Wildman–Crippen LogP) is 0.846. The SMILES string of the molecule is CNC1(CO)CCC(N(C)CCOC(C)C)C1. The molecule has 1 aliphatic carbocycles. The average Bonchev–Trinajstić information content (AvgIpc) is 2.73. The largest absolute Gasteiger partial charge is 0.394 e. The van der Waals surface area contributed by atoms with Crippen LogP contribution in [0.4, 0.5) is 0 Å². The molecule has 0 aromatic carbocycles. The summed E-state index contributed by atoms with van der Waals surface area (Å²) in [6.45, 7) is 6.11. The number of likely N-dealkylation sites (N-methyl/N-ethyl adjacent to an activating group) is 2. The van der Waals surface area contributed by atoms with E-state index in [0.29, 0.717) is 12.1 Å². The van der Waals surface area contributed by atoms with Crippen molar-refractivity contribution in [3.8, 4) is 0 Å². The van der Waals surface area contributed by atoms with Gasteiger partial charge in [0.25, 0.3) is 0 Å². The van der Waals surface area contributed by atoms with Gasteiger partial charge in [-0.1, -0.05) is 0 Å². The Balaban J connectivity index is 2.32. The van der Waals surface area contributed by atoms with Crippen molar-refractivity contribution >= 4 is 0 Å². The van der Waals surface area contributed by atoms with E-state index in [9.17, 15) is 5.11 Å². The van der Waals surface area contributed by atoms with E-state index in [-0.39, 0.29) is 12.1 Å². The van der Waals surface area contributed by atoms with Crippen LogP contribution in [-0.4, -0.2) is 61.5 Å². The summed E-state index contributed by atoms with van der Waals surface area (Å²) in [5.74, 6) is 0. The molecule has 0 spiro atoms. The van der Waals surface area contributed by atoms with E-state index in [4.69, 9.17) is 4.74 Å². The number of rotatable bonds is 7. The molecule has 0 aromatic rings. The van der Waals surface area contributed by atoms with Gasteiger partial charge >= 0.3 is 0 Å². The molecule has 4 nitrogen and oxygen atoms in total. The average molecular weight is 244 g/mol. The number of hydrogen-bond donors (Lipinski definition) is 2. The minimum absolute atomic E-state index is 0.0577. The molecule has 0 heterocycles. The van der Waals surface area contributed by atoms with Gasteiger partial charge in [0.15, 0.2) is 0 Å². The Hall–Kier alpha value is -0.160. The van der Waals surface area contributed by atoms with Crippen molar-refractivity contribution in [3.05, 3.63) is 0 Å². The van der Waals surface area contributed by atoms with E-state index in [1.54, 1.807) is 0 Å². The maximum absolute atomic E-state index is 9.46. The monoisotopic (exact) mass is 244 g/mol. The van der Waals surface area contributed by atoms with E-state index in [0.717, 1.165) is 32.4 Å². The normalized spacial score (nSPS) is 29.5. The first-order chi connectivity index (χ1) is 8.03. The zero-order chi connectivity index (χ0) is 12.9. The molecule has 0 amide bonds. The Labute approximate surface area is 105 Å². The van der Waals surface area contributed by atoms with Crippen LogP contribution < -0.4 is 5.32 Å². The van der Waals surface area contributed by atoms with Crippen LogP contribution in [0.25, 0.3) is 0 Å². The highest BCUT2D eigenvalue weighted by molar-refractivity contribution is 4.98. The third-order valence-electron chi connectivity index (χ3n) is 3.93. The smallest absolute Gasteiger partial charge is 0.0613 e. The summed E-state index contributed by atoms with van der Waals surface area (Å²) in [5.41, 5.74) is -0.0577. The van der Waals surface area contributed by atoms with E-state index in [1.807, 2.05) is 7.05 Å². The summed E-state index contributed by atoms with van der Waals surface area (Å²) in [5, 5.41) is 12.7. The number of nitrogens with zero attached hydrogens (tertiary/aromatic N) is 1. The molecule has 1 fully saturated rings. The van der Waals surface area contributed by atoms with E-state index >= 15 is 0 Å². The Morgan fingerprint density at radius 3 is 2.71 bits per heavy atom. The molecule has 4 heteroatoms. The fraction of sp³-hybridized carbons (Fsp3) is 1.00. The fourth-order valence-corrected chi connectivity index (χ4v) is 2.54. The minimum Gasteiger partial charge on any atom is -0.394 e. The van der Waals surface area contributed by atoms with Gasteiger partial charge in [0.1, 0.15) is 0 Å². The van der Waals surface area contributed by atoms with Crippen LogP contribution in [-0.2, 0) is 4.74 Å². The van der Waals surface area contributed by atoms with Gasteiger partial charge in [-0.05, 0) is 47.2 Å². The second-order valence-corrected chi connectivity index (χ2v) is 5.49. The van der Waals surface area contributed by atoms with Crippen LogP contribution >= 0.6 is 0 Å². The van der Waals surface area contributed by atoms with Crippen molar-refractivity contribution in [1.29, 1.82) is 0 Å². The highest BCUT2D eigenvalue weighted by atomic mass is 16.5. The molecule has 0 aliphatic heterocycles. The summed E-state index contributed by atoms with van der Waals surface area (Å²) in [6, 6.07) is 0.561. The van der Waals surface area contributed by atoms with E-state index in [2.05, 4.69) is 31.1 Å². The highest BCUT2D eigenvalue weighted by Crippen LogP contribution is 2.31. The molecule has 1 rings (SSSR count). The van der Waals surface area contributed by atoms with Crippen LogP contribution in [0.5, 0.6) is 0 Å². The van der Waals surface area contributed by atoms with Crippen molar-refractivity contribution in [2.24, 2.45) is 0 Å². The molecule has 0 aromatic heterocycles. The predicted molar refractivity (Wildman–Crippen MR) is 70.2 cm³/mol. The van der Waals surface area contributed by atoms with Crippen molar-refractivity contribution in [1.82, 2.24) is 10.2 Å². The zero-order valence-electron chi connectivity index (χ0n) is 11.7. The lowest BCUT2D eigenvalue weighted by Gasteiger charge is -2.29. The van der Waals surface area contributed by atoms with Crippen LogP contribution in [0, 0.1) is 0 Å². The van der Waals surface area contributed by atoms with Gasteiger partial charge in [0, 0.05) is 18.1 Å². The van der Waals surface area contributed by atoms with Crippen molar-refractivity contribution in [2.45, 2.75) is 50.8 Å². The molecule has 2 unspecified atom stereocenters. The fourth-order valence-electron chi connectivity index (χ4n) is 2.54. The molecule has 2 N–H and O–H groups in total. The lowest BCUT2D eigenvalue weighted by atomic mass is 9.99. The number of ether oxygens (including phenoxy) is 1. The topological polar surface area (TPSA) is 44.7 Å². The molecular formula is C13H28N2O2. The minimum atomic E-state index is -0.0577. The molecule has 1 saturated carbocycles. The molecule has 0 bridgehead atoms. The number of hydrogen-bond acceptors (Lipinski definition) is 4. The number of aliphatic hydroxyl groups is 1. The molecule has 1 aliphatic rings. The van der Waals surface area contributed by atoms with Gasteiger partial charge in [-0.2, -0.15) is 0 Å². The Bertz CT molecular complexity index is 217. The second-order valence-electron chi connectivity index (χ2n) is 5.49. The first-order valence-corrected chi connectivity index (χ1v) is 6.64. The molecular weight excluding hydrogens is 216 g/mol. The maximum Gasteiger partial charge on any atom is 0.0613 e. The summed E-state index contributed by atoms with van der Waals surface area (Å²) in [6.07, 6.45) is 3.54. The van der Waals surface area contributed by atoms with Crippen molar-refractivity contribution in [2.75, 3.05) is 33.9 Å². The van der Waals surface area contributed by atoms with Crippen LogP contribution in [0.1, 0.15) is 33.1 Å². The summed E-state index contributed by atoms with van der Waals surface area (Å²) in [7, 11) is 4.10. The van der Waals surface area contributed by atoms with E-state index < -0.39 is 0 Å². The molecule has 2 atom stereocenters. The van der Waals surface area contributed by atoms with Gasteiger partial charge in [-0.3, -0.25) is 0 Å². The first kappa shape index (κ1) is 14.9. The molecule has 0 radical (unpaired) electrons. The third kappa shape index (κ3) is 4.21. The summed E-state index contributed by atoms with van der Waals surface area (Å²) >= 11 is 0. The van der Waals surface area contributed by atoms with Gasteiger partial charge in [0.05, 0.1) is 19.3 Å². The van der Waals surface area contributed by atoms with Crippen molar-refractivity contribution in [3.63, 3.8) is 0 Å². The Kier molecular flexibility index (Phi) is 5.86. The second kappa shape index (κ2) is 6.69.